The third-order valence-electron chi connectivity index (χ3n) is 3.58. The second-order valence-electron chi connectivity index (χ2n) is 5.15. The third-order valence-corrected chi connectivity index (χ3v) is 3.58. The summed E-state index contributed by atoms with van der Waals surface area (Å²) in [4.78, 5) is 0. The Morgan fingerprint density at radius 3 is 1.61 bits per heavy atom. The Bertz CT molecular complexity index is 857. The van der Waals surface area contributed by atoms with Crippen LogP contribution in [0.5, 0.6) is 0 Å². The summed E-state index contributed by atoms with van der Waals surface area (Å²) in [6.45, 7) is 0. The van der Waals surface area contributed by atoms with E-state index in [1.165, 1.54) is 36.4 Å². The monoisotopic (exact) mass is 314 g/mol. The minimum Gasteiger partial charge on any atom is -0.399 e. The zero-order valence-electron chi connectivity index (χ0n) is 12.0. The molecule has 0 aliphatic heterocycles. The molecule has 116 valence electrons. The number of rotatable bonds is 2. The lowest BCUT2D eigenvalue weighted by atomic mass is 9.98. The van der Waals surface area contributed by atoms with Crippen LogP contribution < -0.4 is 11.5 Å². The predicted octanol–water partition coefficient (Wildman–Crippen LogP) is 4.60. The van der Waals surface area contributed by atoms with E-state index >= 15 is 0 Å². The highest BCUT2D eigenvalue weighted by molar-refractivity contribution is 5.73. The van der Waals surface area contributed by atoms with E-state index in [0.29, 0.717) is 16.9 Å². The normalized spacial score (nSPS) is 10.7. The maximum Gasteiger partial charge on any atom is 0.170 e. The molecule has 0 aliphatic rings. The Labute approximate surface area is 131 Å². The lowest BCUT2D eigenvalue weighted by molar-refractivity contribution is 0.501. The van der Waals surface area contributed by atoms with Crippen LogP contribution in [0.4, 0.5) is 24.5 Å². The summed E-state index contributed by atoms with van der Waals surface area (Å²) in [6, 6.07) is 13.0. The number of halogens is 3. The summed E-state index contributed by atoms with van der Waals surface area (Å²) in [7, 11) is 0. The maximum atomic E-state index is 14.4. The molecule has 0 aliphatic carbocycles. The molecule has 0 atom stereocenters. The lowest BCUT2D eigenvalue weighted by Crippen LogP contribution is -1.98. The van der Waals surface area contributed by atoms with Crippen molar-refractivity contribution in [3.8, 4) is 22.3 Å². The first kappa shape index (κ1) is 15.0. The Morgan fingerprint density at radius 1 is 0.609 bits per heavy atom. The quantitative estimate of drug-likeness (QED) is 0.536. The minimum absolute atomic E-state index is 0.154. The molecule has 0 bridgehead atoms. The second kappa shape index (κ2) is 5.68. The number of nitrogens with two attached hydrogens (primary N) is 2. The van der Waals surface area contributed by atoms with Crippen molar-refractivity contribution >= 4 is 11.4 Å². The SMILES string of the molecule is Nc1ccc(-c2cc(F)c(-c3ccc(N)cc3)c(F)c2F)cc1. The Hall–Kier alpha value is -2.95. The molecule has 3 aromatic rings. The molecule has 2 nitrogen and oxygen atoms in total. The molecule has 0 saturated carbocycles. The first-order chi connectivity index (χ1) is 11.0. The van der Waals surface area contributed by atoms with Gasteiger partial charge in [0.25, 0.3) is 0 Å². The molecule has 0 heterocycles. The third kappa shape index (κ3) is 2.73. The highest BCUT2D eigenvalue weighted by atomic mass is 19.2. The van der Waals surface area contributed by atoms with Crippen LogP contribution in [-0.2, 0) is 0 Å². The largest absolute Gasteiger partial charge is 0.399 e. The van der Waals surface area contributed by atoms with Crippen molar-refractivity contribution in [2.24, 2.45) is 0 Å². The van der Waals surface area contributed by atoms with Gasteiger partial charge in [-0.05, 0) is 41.5 Å². The highest BCUT2D eigenvalue weighted by Crippen LogP contribution is 2.34. The molecule has 4 N–H and O–H groups in total. The highest BCUT2D eigenvalue weighted by Gasteiger charge is 2.20. The first-order valence-corrected chi connectivity index (χ1v) is 6.86. The zero-order valence-corrected chi connectivity index (χ0v) is 12.0. The molecule has 0 saturated heterocycles. The van der Waals surface area contributed by atoms with Gasteiger partial charge in [0.2, 0.25) is 0 Å². The van der Waals surface area contributed by atoms with E-state index in [2.05, 4.69) is 0 Å². The van der Waals surface area contributed by atoms with Gasteiger partial charge in [0.15, 0.2) is 11.6 Å². The van der Waals surface area contributed by atoms with Crippen LogP contribution in [-0.4, -0.2) is 0 Å². The van der Waals surface area contributed by atoms with Crippen molar-refractivity contribution in [3.05, 3.63) is 72.0 Å². The molecule has 0 fully saturated rings. The van der Waals surface area contributed by atoms with Crippen molar-refractivity contribution in [2.45, 2.75) is 0 Å². The van der Waals surface area contributed by atoms with E-state index in [-0.39, 0.29) is 11.1 Å². The van der Waals surface area contributed by atoms with Crippen LogP contribution in [0.15, 0.2) is 54.6 Å². The number of nitrogen functional groups attached to an aromatic ring is 2. The molecule has 5 heteroatoms. The molecule has 3 rings (SSSR count). The van der Waals surface area contributed by atoms with Crippen molar-refractivity contribution in [1.82, 2.24) is 0 Å². The molecule has 0 radical (unpaired) electrons. The molecule has 0 amide bonds. The van der Waals surface area contributed by atoms with Crippen LogP contribution in [0, 0.1) is 17.5 Å². The molecule has 3 aromatic carbocycles. The topological polar surface area (TPSA) is 52.0 Å². The van der Waals surface area contributed by atoms with Crippen molar-refractivity contribution in [1.29, 1.82) is 0 Å². The Morgan fingerprint density at radius 2 is 1.09 bits per heavy atom. The number of hydrogen-bond donors (Lipinski definition) is 2. The van der Waals surface area contributed by atoms with E-state index in [1.54, 1.807) is 12.1 Å². The average Bonchev–Trinajstić information content (AvgIpc) is 2.54. The van der Waals surface area contributed by atoms with Gasteiger partial charge >= 0.3 is 0 Å². The molecular weight excluding hydrogens is 301 g/mol. The number of hydrogen-bond acceptors (Lipinski definition) is 2. The van der Waals surface area contributed by atoms with Crippen LogP contribution in [0.1, 0.15) is 0 Å². The lowest BCUT2D eigenvalue weighted by Gasteiger charge is -2.11. The van der Waals surface area contributed by atoms with Crippen molar-refractivity contribution in [2.75, 3.05) is 11.5 Å². The summed E-state index contributed by atoms with van der Waals surface area (Å²) in [5, 5.41) is 0. The smallest absolute Gasteiger partial charge is 0.170 e. The fourth-order valence-corrected chi connectivity index (χ4v) is 2.38. The standard InChI is InChI=1S/C18H13F3N2/c19-15-9-14(10-1-5-12(22)6-2-10)17(20)18(21)16(15)11-3-7-13(23)8-4-11/h1-9H,22-23H2. The van der Waals surface area contributed by atoms with Gasteiger partial charge < -0.3 is 11.5 Å². The summed E-state index contributed by atoms with van der Waals surface area (Å²) in [6.07, 6.45) is 0. The molecule has 23 heavy (non-hydrogen) atoms. The van der Waals surface area contributed by atoms with E-state index in [4.69, 9.17) is 11.5 Å². The van der Waals surface area contributed by atoms with E-state index in [0.717, 1.165) is 6.07 Å². The fraction of sp³-hybridized carbons (Fsp3) is 0. The first-order valence-electron chi connectivity index (χ1n) is 6.86. The van der Waals surface area contributed by atoms with Gasteiger partial charge in [-0.2, -0.15) is 0 Å². The fourth-order valence-electron chi connectivity index (χ4n) is 2.38. The molecule has 0 unspecified atom stereocenters. The molecule has 0 aromatic heterocycles. The zero-order chi connectivity index (χ0) is 16.6. The van der Waals surface area contributed by atoms with Crippen LogP contribution in [0.3, 0.4) is 0 Å². The van der Waals surface area contributed by atoms with Gasteiger partial charge in [-0.25, -0.2) is 13.2 Å². The van der Waals surface area contributed by atoms with Crippen molar-refractivity contribution in [3.63, 3.8) is 0 Å². The summed E-state index contributed by atoms with van der Waals surface area (Å²) in [5.41, 5.74) is 12.0. The second-order valence-corrected chi connectivity index (χ2v) is 5.15. The minimum atomic E-state index is -1.23. The van der Waals surface area contributed by atoms with Crippen molar-refractivity contribution < 1.29 is 13.2 Å². The van der Waals surface area contributed by atoms with Gasteiger partial charge in [-0.15, -0.1) is 0 Å². The van der Waals surface area contributed by atoms with Gasteiger partial charge in [-0.1, -0.05) is 24.3 Å². The van der Waals surface area contributed by atoms with Gasteiger partial charge in [-0.3, -0.25) is 0 Å². The summed E-state index contributed by atoms with van der Waals surface area (Å²) < 4.78 is 43.2. The van der Waals surface area contributed by atoms with Gasteiger partial charge in [0, 0.05) is 16.9 Å². The van der Waals surface area contributed by atoms with E-state index < -0.39 is 23.0 Å². The molecular formula is C18H13F3N2. The van der Waals surface area contributed by atoms with E-state index in [9.17, 15) is 13.2 Å². The average molecular weight is 314 g/mol. The van der Waals surface area contributed by atoms with Crippen LogP contribution >= 0.6 is 0 Å². The summed E-state index contributed by atoms with van der Waals surface area (Å²) >= 11 is 0. The van der Waals surface area contributed by atoms with Crippen LogP contribution in [0.25, 0.3) is 22.3 Å². The molecule has 0 spiro atoms. The summed E-state index contributed by atoms with van der Waals surface area (Å²) in [5.74, 6) is -3.19. The van der Waals surface area contributed by atoms with Gasteiger partial charge in [0.1, 0.15) is 5.82 Å². The van der Waals surface area contributed by atoms with Gasteiger partial charge in [0.05, 0.1) is 5.56 Å². The van der Waals surface area contributed by atoms with E-state index in [1.807, 2.05) is 0 Å². The Kier molecular flexibility index (Phi) is 3.70. The Balaban J connectivity index is 2.17. The maximum absolute atomic E-state index is 14.4. The number of anilines is 2. The number of benzene rings is 3. The van der Waals surface area contributed by atoms with Crippen LogP contribution in [0.2, 0.25) is 0 Å². The predicted molar refractivity (Wildman–Crippen MR) is 86.0 cm³/mol.